The molecule has 0 spiro atoms. The molecule has 1 heterocycles. The predicted octanol–water partition coefficient (Wildman–Crippen LogP) is 1.28. The van der Waals surface area contributed by atoms with E-state index in [1.807, 2.05) is 0 Å². The van der Waals surface area contributed by atoms with Crippen molar-refractivity contribution in [2.24, 2.45) is 5.41 Å². The van der Waals surface area contributed by atoms with Gasteiger partial charge in [0.25, 0.3) is 0 Å². The summed E-state index contributed by atoms with van der Waals surface area (Å²) in [5.41, 5.74) is -1.32. The maximum absolute atomic E-state index is 11.5. The first-order valence-corrected chi connectivity index (χ1v) is 4.62. The number of ether oxygens (including phenoxy) is 2. The normalized spacial score (nSPS) is 27.3. The van der Waals surface area contributed by atoms with E-state index in [0.717, 1.165) is 0 Å². The van der Waals surface area contributed by atoms with E-state index in [-0.39, 0.29) is 25.0 Å². The van der Waals surface area contributed by atoms with E-state index >= 15 is 0 Å². The van der Waals surface area contributed by atoms with Crippen LogP contribution in [0.25, 0.3) is 0 Å². The van der Waals surface area contributed by atoms with Gasteiger partial charge in [-0.2, -0.15) is 0 Å². The molecule has 1 fully saturated rings. The van der Waals surface area contributed by atoms with Gasteiger partial charge in [0.1, 0.15) is 6.61 Å². The first-order valence-electron chi connectivity index (χ1n) is 4.62. The topological polar surface area (TPSA) is 52.6 Å². The number of carbonyl (C=O) groups excluding carboxylic acids is 2. The zero-order valence-corrected chi connectivity index (χ0v) is 9.05. The van der Waals surface area contributed by atoms with Crippen LogP contribution in [0.2, 0.25) is 0 Å². The van der Waals surface area contributed by atoms with E-state index in [9.17, 15) is 9.59 Å². The summed E-state index contributed by atoms with van der Waals surface area (Å²) in [6.45, 7) is 7.19. The smallest absolute Gasteiger partial charge is 0.311 e. The van der Waals surface area contributed by atoms with E-state index in [0.29, 0.717) is 0 Å². The molecule has 0 aromatic carbocycles. The fraction of sp³-hybridized carbons (Fsp3) is 0.800. The van der Waals surface area contributed by atoms with Gasteiger partial charge in [-0.05, 0) is 27.7 Å². The van der Waals surface area contributed by atoms with Gasteiger partial charge < -0.3 is 9.47 Å². The van der Waals surface area contributed by atoms with Gasteiger partial charge in [0.05, 0.1) is 11.8 Å². The monoisotopic (exact) mass is 200 g/mol. The van der Waals surface area contributed by atoms with Crippen molar-refractivity contribution in [1.82, 2.24) is 0 Å². The van der Waals surface area contributed by atoms with E-state index < -0.39 is 11.0 Å². The summed E-state index contributed by atoms with van der Waals surface area (Å²) in [5.74, 6) is -0.618. The van der Waals surface area contributed by atoms with E-state index in [2.05, 4.69) is 0 Å². The molecule has 14 heavy (non-hydrogen) atoms. The molecule has 1 aliphatic rings. The van der Waals surface area contributed by atoms with Crippen molar-refractivity contribution < 1.29 is 19.1 Å². The molecule has 4 heteroatoms. The molecule has 0 bridgehead atoms. The standard InChI is InChI=1S/C10H16O4/c1-9(2,3)8(12)14-10(4)5-7(11)13-6-10/h5-6H2,1-4H3. The van der Waals surface area contributed by atoms with Gasteiger partial charge in [0.2, 0.25) is 0 Å². The molecular weight excluding hydrogens is 184 g/mol. The number of hydrogen-bond donors (Lipinski definition) is 0. The number of hydrogen-bond acceptors (Lipinski definition) is 4. The van der Waals surface area contributed by atoms with Crippen LogP contribution in [-0.2, 0) is 19.1 Å². The van der Waals surface area contributed by atoms with Gasteiger partial charge >= 0.3 is 11.9 Å². The summed E-state index contributed by atoms with van der Waals surface area (Å²) in [7, 11) is 0. The maximum atomic E-state index is 11.5. The van der Waals surface area contributed by atoms with E-state index in [4.69, 9.17) is 9.47 Å². The lowest BCUT2D eigenvalue weighted by molar-refractivity contribution is -0.167. The zero-order chi connectivity index (χ0) is 11.0. The summed E-state index contributed by atoms with van der Waals surface area (Å²) in [5, 5.41) is 0. The molecule has 0 amide bonds. The third kappa shape index (κ3) is 2.47. The third-order valence-corrected chi connectivity index (χ3v) is 2.01. The molecule has 1 rings (SSSR count). The van der Waals surface area contributed by atoms with Crippen molar-refractivity contribution in [1.29, 1.82) is 0 Å². The van der Waals surface area contributed by atoms with Crippen molar-refractivity contribution in [2.45, 2.75) is 39.7 Å². The zero-order valence-electron chi connectivity index (χ0n) is 9.05. The molecular formula is C10H16O4. The quantitative estimate of drug-likeness (QED) is 0.598. The fourth-order valence-electron chi connectivity index (χ4n) is 1.08. The van der Waals surface area contributed by atoms with Crippen molar-refractivity contribution in [3.8, 4) is 0 Å². The summed E-state index contributed by atoms with van der Waals surface area (Å²) >= 11 is 0. The lowest BCUT2D eigenvalue weighted by Crippen LogP contribution is -2.37. The van der Waals surface area contributed by atoms with Gasteiger partial charge in [-0.1, -0.05) is 0 Å². The first kappa shape index (κ1) is 11.0. The van der Waals surface area contributed by atoms with Gasteiger partial charge in [-0.25, -0.2) is 0 Å². The Hall–Kier alpha value is -1.06. The fourth-order valence-corrected chi connectivity index (χ4v) is 1.08. The molecule has 0 N–H and O–H groups in total. The highest BCUT2D eigenvalue weighted by atomic mass is 16.6. The predicted molar refractivity (Wildman–Crippen MR) is 49.5 cm³/mol. The maximum Gasteiger partial charge on any atom is 0.311 e. The minimum atomic E-state index is -0.776. The Morgan fingerprint density at radius 2 is 2.07 bits per heavy atom. The Kier molecular flexibility index (Phi) is 2.56. The summed E-state index contributed by atoms with van der Waals surface area (Å²) in [6.07, 6.45) is 0.148. The Bertz CT molecular complexity index is 264. The van der Waals surface area contributed by atoms with Crippen LogP contribution in [0.15, 0.2) is 0 Å². The second-order valence-electron chi connectivity index (χ2n) is 4.93. The van der Waals surface area contributed by atoms with Gasteiger partial charge in [0, 0.05) is 0 Å². The summed E-state index contributed by atoms with van der Waals surface area (Å²) in [4.78, 5) is 22.4. The van der Waals surface area contributed by atoms with Crippen LogP contribution >= 0.6 is 0 Å². The van der Waals surface area contributed by atoms with Gasteiger partial charge in [-0.15, -0.1) is 0 Å². The average Bonchev–Trinajstić information content (AvgIpc) is 2.28. The molecule has 0 saturated carbocycles. The third-order valence-electron chi connectivity index (χ3n) is 2.01. The van der Waals surface area contributed by atoms with Gasteiger partial charge in [0.15, 0.2) is 5.60 Å². The van der Waals surface area contributed by atoms with Crippen LogP contribution < -0.4 is 0 Å². The largest absolute Gasteiger partial charge is 0.461 e. The SMILES string of the molecule is CC1(OC(=O)C(C)(C)C)COC(=O)C1. The van der Waals surface area contributed by atoms with Crippen LogP contribution in [0.4, 0.5) is 0 Å². The van der Waals surface area contributed by atoms with Crippen LogP contribution in [-0.4, -0.2) is 24.1 Å². The molecule has 1 saturated heterocycles. The Morgan fingerprint density at radius 1 is 1.50 bits per heavy atom. The van der Waals surface area contributed by atoms with Crippen molar-refractivity contribution >= 4 is 11.9 Å². The minimum Gasteiger partial charge on any atom is -0.461 e. The lowest BCUT2D eigenvalue weighted by Gasteiger charge is -2.26. The molecule has 1 aliphatic heterocycles. The number of cyclic esters (lactones) is 1. The van der Waals surface area contributed by atoms with Crippen LogP contribution in [0.3, 0.4) is 0 Å². The summed E-state index contributed by atoms with van der Waals surface area (Å²) < 4.78 is 10.0. The first-order chi connectivity index (χ1) is 6.23. The second kappa shape index (κ2) is 3.26. The van der Waals surface area contributed by atoms with Crippen LogP contribution in [0.5, 0.6) is 0 Å². The molecule has 0 aromatic heterocycles. The van der Waals surface area contributed by atoms with Crippen LogP contribution in [0.1, 0.15) is 34.1 Å². The molecule has 0 aliphatic carbocycles. The van der Waals surface area contributed by atoms with Crippen molar-refractivity contribution in [3.63, 3.8) is 0 Å². The Morgan fingerprint density at radius 3 is 2.43 bits per heavy atom. The highest BCUT2D eigenvalue weighted by Gasteiger charge is 2.41. The summed E-state index contributed by atoms with van der Waals surface area (Å²) in [6, 6.07) is 0. The number of rotatable bonds is 1. The van der Waals surface area contributed by atoms with Crippen molar-refractivity contribution in [3.05, 3.63) is 0 Å². The molecule has 4 nitrogen and oxygen atoms in total. The second-order valence-corrected chi connectivity index (χ2v) is 4.93. The Balaban J connectivity index is 2.61. The lowest BCUT2D eigenvalue weighted by atomic mass is 9.96. The van der Waals surface area contributed by atoms with Crippen molar-refractivity contribution in [2.75, 3.05) is 6.61 Å². The highest BCUT2D eigenvalue weighted by molar-refractivity contribution is 5.78. The molecule has 1 unspecified atom stereocenters. The molecule has 1 atom stereocenters. The molecule has 0 radical (unpaired) electrons. The van der Waals surface area contributed by atoms with Gasteiger partial charge in [-0.3, -0.25) is 9.59 Å². The number of carbonyl (C=O) groups is 2. The molecule has 80 valence electrons. The van der Waals surface area contributed by atoms with E-state index in [1.165, 1.54) is 0 Å². The van der Waals surface area contributed by atoms with Crippen LogP contribution in [0, 0.1) is 5.41 Å². The van der Waals surface area contributed by atoms with E-state index in [1.54, 1.807) is 27.7 Å². The minimum absolute atomic E-state index is 0.148. The average molecular weight is 200 g/mol. The number of esters is 2. The Labute approximate surface area is 83.6 Å². The highest BCUT2D eigenvalue weighted by Crippen LogP contribution is 2.27. The molecule has 0 aromatic rings.